The largest absolute Gasteiger partial charge is 0.338 e. The van der Waals surface area contributed by atoms with Crippen LogP contribution in [0.3, 0.4) is 0 Å². The first-order valence-corrected chi connectivity index (χ1v) is 10.9. The SMILES string of the molecule is C[C@H]1CCCN(C(=O)c2ccc(CN3CCN(Cc4ccccn4)C(=O)C3=O)cc2)C1. The lowest BCUT2D eigenvalue weighted by Crippen LogP contribution is -2.53. The first-order chi connectivity index (χ1) is 15.0. The van der Waals surface area contributed by atoms with E-state index in [4.69, 9.17) is 0 Å². The molecule has 1 aromatic carbocycles. The normalized spacial score (nSPS) is 19.6. The van der Waals surface area contributed by atoms with Gasteiger partial charge in [-0.3, -0.25) is 19.4 Å². The molecule has 0 unspecified atom stereocenters. The van der Waals surface area contributed by atoms with Gasteiger partial charge in [-0.05, 0) is 48.6 Å². The average molecular weight is 421 g/mol. The zero-order valence-electron chi connectivity index (χ0n) is 17.9. The summed E-state index contributed by atoms with van der Waals surface area (Å²) in [4.78, 5) is 47.1. The Bertz CT molecular complexity index is 945. The number of aromatic nitrogens is 1. The number of hydrogen-bond donors (Lipinski definition) is 0. The molecule has 0 saturated carbocycles. The van der Waals surface area contributed by atoms with Crippen LogP contribution in [0.4, 0.5) is 0 Å². The first kappa shape index (κ1) is 21.0. The van der Waals surface area contributed by atoms with Gasteiger partial charge in [-0.1, -0.05) is 25.1 Å². The first-order valence-electron chi connectivity index (χ1n) is 10.9. The van der Waals surface area contributed by atoms with Crippen LogP contribution in [0.25, 0.3) is 0 Å². The fourth-order valence-electron chi connectivity index (χ4n) is 4.23. The number of piperazine rings is 1. The summed E-state index contributed by atoms with van der Waals surface area (Å²) in [5.74, 6) is -0.392. The number of carbonyl (C=O) groups excluding carboxylic acids is 3. The molecule has 2 aliphatic rings. The van der Waals surface area contributed by atoms with Crippen molar-refractivity contribution in [2.24, 2.45) is 5.92 Å². The van der Waals surface area contributed by atoms with Crippen molar-refractivity contribution in [2.75, 3.05) is 26.2 Å². The molecule has 4 rings (SSSR count). The van der Waals surface area contributed by atoms with Gasteiger partial charge >= 0.3 is 11.8 Å². The zero-order valence-corrected chi connectivity index (χ0v) is 17.9. The molecule has 2 aromatic rings. The monoisotopic (exact) mass is 420 g/mol. The summed E-state index contributed by atoms with van der Waals surface area (Å²) in [6.07, 6.45) is 3.90. The van der Waals surface area contributed by atoms with E-state index in [0.717, 1.165) is 30.8 Å². The second-order valence-electron chi connectivity index (χ2n) is 8.47. The van der Waals surface area contributed by atoms with Gasteiger partial charge in [0.05, 0.1) is 12.2 Å². The predicted molar refractivity (Wildman–Crippen MR) is 116 cm³/mol. The Morgan fingerprint density at radius 1 is 0.968 bits per heavy atom. The van der Waals surface area contributed by atoms with Gasteiger partial charge in [-0.2, -0.15) is 0 Å². The van der Waals surface area contributed by atoms with E-state index in [1.807, 2.05) is 47.4 Å². The zero-order chi connectivity index (χ0) is 21.8. The van der Waals surface area contributed by atoms with Crippen LogP contribution in [0.2, 0.25) is 0 Å². The lowest BCUT2D eigenvalue weighted by Gasteiger charge is -2.33. The average Bonchev–Trinajstić information content (AvgIpc) is 2.79. The maximum atomic E-state index is 12.7. The number of likely N-dealkylation sites (tertiary alicyclic amines) is 1. The van der Waals surface area contributed by atoms with Gasteiger partial charge in [0.2, 0.25) is 0 Å². The molecule has 2 saturated heterocycles. The Balaban J connectivity index is 1.34. The number of rotatable bonds is 5. The summed E-state index contributed by atoms with van der Waals surface area (Å²) in [6, 6.07) is 12.9. The van der Waals surface area contributed by atoms with Crippen molar-refractivity contribution in [3.05, 3.63) is 65.5 Å². The van der Waals surface area contributed by atoms with Crippen LogP contribution in [0, 0.1) is 5.92 Å². The Kier molecular flexibility index (Phi) is 6.30. The van der Waals surface area contributed by atoms with E-state index in [0.29, 0.717) is 37.7 Å². The Morgan fingerprint density at radius 2 is 1.68 bits per heavy atom. The molecule has 2 aliphatic heterocycles. The van der Waals surface area contributed by atoms with Crippen LogP contribution < -0.4 is 0 Å². The van der Waals surface area contributed by atoms with E-state index in [2.05, 4.69) is 11.9 Å². The van der Waals surface area contributed by atoms with E-state index in [1.54, 1.807) is 16.0 Å². The van der Waals surface area contributed by atoms with Gasteiger partial charge in [0.1, 0.15) is 0 Å². The summed E-state index contributed by atoms with van der Waals surface area (Å²) in [6.45, 7) is 5.44. The number of nitrogens with zero attached hydrogens (tertiary/aromatic N) is 4. The van der Waals surface area contributed by atoms with Crippen LogP contribution in [0.5, 0.6) is 0 Å². The van der Waals surface area contributed by atoms with Gasteiger partial charge in [0, 0.05) is 44.5 Å². The van der Waals surface area contributed by atoms with Crippen molar-refractivity contribution in [3.8, 4) is 0 Å². The van der Waals surface area contributed by atoms with Crippen LogP contribution in [-0.4, -0.2) is 63.6 Å². The minimum absolute atomic E-state index is 0.0625. The quantitative estimate of drug-likeness (QED) is 0.696. The van der Waals surface area contributed by atoms with Crippen LogP contribution >= 0.6 is 0 Å². The van der Waals surface area contributed by atoms with E-state index >= 15 is 0 Å². The molecule has 2 fully saturated rings. The van der Waals surface area contributed by atoms with E-state index in [9.17, 15) is 14.4 Å². The molecule has 3 amide bonds. The van der Waals surface area contributed by atoms with Gasteiger partial charge in [-0.15, -0.1) is 0 Å². The fourth-order valence-corrected chi connectivity index (χ4v) is 4.23. The third kappa shape index (κ3) is 4.93. The maximum absolute atomic E-state index is 12.7. The van der Waals surface area contributed by atoms with Gasteiger partial charge in [0.25, 0.3) is 5.91 Å². The summed E-state index contributed by atoms with van der Waals surface area (Å²) in [5.41, 5.74) is 2.34. The topological polar surface area (TPSA) is 73.8 Å². The smallest absolute Gasteiger partial charge is 0.312 e. The van der Waals surface area contributed by atoms with Gasteiger partial charge < -0.3 is 14.7 Å². The van der Waals surface area contributed by atoms with Crippen molar-refractivity contribution in [3.63, 3.8) is 0 Å². The summed E-state index contributed by atoms with van der Waals surface area (Å²) in [5, 5.41) is 0. The molecule has 0 spiro atoms. The maximum Gasteiger partial charge on any atom is 0.312 e. The Labute approximate surface area is 182 Å². The molecule has 3 heterocycles. The highest BCUT2D eigenvalue weighted by molar-refractivity contribution is 6.35. The van der Waals surface area contributed by atoms with E-state index in [-0.39, 0.29) is 5.91 Å². The second-order valence-corrected chi connectivity index (χ2v) is 8.47. The highest BCUT2D eigenvalue weighted by Gasteiger charge is 2.32. The van der Waals surface area contributed by atoms with Gasteiger partial charge in [0.15, 0.2) is 0 Å². The molecule has 7 nitrogen and oxygen atoms in total. The number of piperidine rings is 1. The summed E-state index contributed by atoms with van der Waals surface area (Å²) >= 11 is 0. The summed E-state index contributed by atoms with van der Waals surface area (Å²) in [7, 11) is 0. The molecule has 0 N–H and O–H groups in total. The molecule has 0 bridgehead atoms. The van der Waals surface area contributed by atoms with Crippen LogP contribution in [0.15, 0.2) is 48.7 Å². The molecule has 162 valence electrons. The number of benzene rings is 1. The molecule has 0 aliphatic carbocycles. The third-order valence-corrected chi connectivity index (χ3v) is 5.99. The molecular formula is C24H28N4O3. The third-order valence-electron chi connectivity index (χ3n) is 5.99. The number of hydrogen-bond acceptors (Lipinski definition) is 4. The highest BCUT2D eigenvalue weighted by atomic mass is 16.2. The molecule has 31 heavy (non-hydrogen) atoms. The van der Waals surface area contributed by atoms with Gasteiger partial charge in [-0.25, -0.2) is 0 Å². The minimum atomic E-state index is -0.497. The number of carbonyl (C=O) groups is 3. The van der Waals surface area contributed by atoms with Crippen molar-refractivity contribution in [2.45, 2.75) is 32.9 Å². The lowest BCUT2D eigenvalue weighted by molar-refractivity contribution is -0.156. The van der Waals surface area contributed by atoms with Crippen molar-refractivity contribution < 1.29 is 14.4 Å². The van der Waals surface area contributed by atoms with E-state index < -0.39 is 11.8 Å². The lowest BCUT2D eigenvalue weighted by atomic mass is 9.99. The number of pyridine rings is 1. The fraction of sp³-hybridized carbons (Fsp3) is 0.417. The standard InChI is InChI=1S/C24H28N4O3/c1-18-5-4-12-26(15-18)22(29)20-9-7-19(8-10-20)16-27-13-14-28(24(31)23(27)30)17-21-6-2-3-11-25-21/h2-3,6-11,18H,4-5,12-17H2,1H3/t18-/m0/s1. The highest BCUT2D eigenvalue weighted by Crippen LogP contribution is 2.19. The molecule has 1 aromatic heterocycles. The van der Waals surface area contributed by atoms with E-state index in [1.165, 1.54) is 6.42 Å². The molecule has 7 heteroatoms. The summed E-state index contributed by atoms with van der Waals surface area (Å²) < 4.78 is 0. The Hall–Kier alpha value is -3.22. The van der Waals surface area contributed by atoms with Crippen molar-refractivity contribution >= 4 is 17.7 Å². The molecule has 1 atom stereocenters. The van der Waals surface area contributed by atoms with Crippen molar-refractivity contribution in [1.82, 2.24) is 19.7 Å². The molecular weight excluding hydrogens is 392 g/mol. The second kappa shape index (κ2) is 9.29. The van der Waals surface area contributed by atoms with Crippen LogP contribution in [-0.2, 0) is 22.7 Å². The minimum Gasteiger partial charge on any atom is -0.338 e. The number of amides is 3. The predicted octanol–water partition coefficient (Wildman–Crippen LogP) is 2.32. The molecule has 0 radical (unpaired) electrons. The van der Waals surface area contributed by atoms with Crippen molar-refractivity contribution in [1.29, 1.82) is 0 Å². The van der Waals surface area contributed by atoms with Crippen LogP contribution in [0.1, 0.15) is 41.4 Å². The Morgan fingerprint density at radius 3 is 2.32 bits per heavy atom.